The maximum atomic E-state index is 13.6. The molecule has 1 saturated carbocycles. The van der Waals surface area contributed by atoms with Crippen LogP contribution in [0.2, 0.25) is 0 Å². The van der Waals surface area contributed by atoms with E-state index in [1.165, 1.54) is 6.42 Å². The average Bonchev–Trinajstić information content (AvgIpc) is 3.13. The summed E-state index contributed by atoms with van der Waals surface area (Å²) in [6, 6.07) is 17.7. The number of amides is 1. The van der Waals surface area contributed by atoms with Gasteiger partial charge in [0.05, 0.1) is 12.0 Å². The average molecular weight is 464 g/mol. The molecule has 2 aromatic rings. The molecule has 172 valence electrons. The van der Waals surface area contributed by atoms with E-state index in [2.05, 4.69) is 17.1 Å². The van der Waals surface area contributed by atoms with Crippen molar-refractivity contribution in [2.24, 2.45) is 5.92 Å². The Bertz CT molecular complexity index is 1050. The molecule has 4 rings (SSSR count). The Morgan fingerprint density at radius 2 is 1.97 bits per heavy atom. The van der Waals surface area contributed by atoms with Gasteiger partial charge in [-0.15, -0.1) is 0 Å². The predicted octanol–water partition coefficient (Wildman–Crippen LogP) is 5.49. The normalized spacial score (nSPS) is 23.9. The Hall–Kier alpha value is -3.11. The van der Waals surface area contributed by atoms with E-state index in [0.717, 1.165) is 30.5 Å². The SMILES string of the molecule is COc1cc(/C=C2\SC(Nc3ccccc3)N([C@H]3CCCC[C@@H]3C)C2=O)ccc1OCC#N. The Labute approximate surface area is 199 Å². The number of benzene rings is 2. The zero-order valence-electron chi connectivity index (χ0n) is 19.0. The minimum absolute atomic E-state index is 0.0491. The van der Waals surface area contributed by atoms with Crippen LogP contribution in [0, 0.1) is 17.2 Å². The number of para-hydroxylation sites is 1. The molecule has 1 heterocycles. The van der Waals surface area contributed by atoms with E-state index < -0.39 is 0 Å². The summed E-state index contributed by atoms with van der Waals surface area (Å²) in [6.07, 6.45) is 6.48. The van der Waals surface area contributed by atoms with E-state index in [9.17, 15) is 4.79 Å². The third kappa shape index (κ3) is 5.28. The maximum Gasteiger partial charge on any atom is 0.262 e. The molecule has 6 nitrogen and oxygen atoms in total. The number of hydrogen-bond donors (Lipinski definition) is 1. The minimum Gasteiger partial charge on any atom is -0.493 e. The van der Waals surface area contributed by atoms with Gasteiger partial charge < -0.3 is 19.7 Å². The first kappa shape index (κ1) is 23.1. The van der Waals surface area contributed by atoms with Crippen LogP contribution < -0.4 is 14.8 Å². The number of anilines is 1. The molecule has 0 aromatic heterocycles. The number of ether oxygens (including phenoxy) is 2. The first-order chi connectivity index (χ1) is 16.1. The molecule has 0 spiro atoms. The Morgan fingerprint density at radius 3 is 2.70 bits per heavy atom. The van der Waals surface area contributed by atoms with Crippen LogP contribution in [0.3, 0.4) is 0 Å². The van der Waals surface area contributed by atoms with Gasteiger partial charge in [0.1, 0.15) is 6.07 Å². The quantitative estimate of drug-likeness (QED) is 0.548. The summed E-state index contributed by atoms with van der Waals surface area (Å²) in [7, 11) is 1.56. The summed E-state index contributed by atoms with van der Waals surface area (Å²) in [5, 5.41) is 12.3. The molecule has 0 bridgehead atoms. The zero-order chi connectivity index (χ0) is 23.2. The third-order valence-electron chi connectivity index (χ3n) is 6.20. The van der Waals surface area contributed by atoms with Crippen molar-refractivity contribution in [2.75, 3.05) is 19.0 Å². The third-order valence-corrected chi connectivity index (χ3v) is 7.32. The summed E-state index contributed by atoms with van der Waals surface area (Å²) in [4.78, 5) is 16.4. The van der Waals surface area contributed by atoms with E-state index in [1.54, 1.807) is 24.9 Å². The predicted molar refractivity (Wildman–Crippen MR) is 132 cm³/mol. The van der Waals surface area contributed by atoms with Crippen LogP contribution in [0.1, 0.15) is 38.2 Å². The van der Waals surface area contributed by atoms with Gasteiger partial charge in [-0.1, -0.05) is 55.8 Å². The largest absolute Gasteiger partial charge is 0.493 e. The number of rotatable bonds is 7. The van der Waals surface area contributed by atoms with Gasteiger partial charge >= 0.3 is 0 Å². The molecule has 33 heavy (non-hydrogen) atoms. The molecule has 1 amide bonds. The first-order valence-corrected chi connectivity index (χ1v) is 12.2. The van der Waals surface area contributed by atoms with Gasteiger partial charge in [-0.2, -0.15) is 5.26 Å². The first-order valence-electron chi connectivity index (χ1n) is 11.3. The molecule has 2 aliphatic rings. The van der Waals surface area contributed by atoms with E-state index in [4.69, 9.17) is 14.7 Å². The summed E-state index contributed by atoms with van der Waals surface area (Å²) >= 11 is 1.56. The minimum atomic E-state index is -0.156. The molecule has 1 aliphatic carbocycles. The van der Waals surface area contributed by atoms with Crippen LogP contribution in [0.25, 0.3) is 6.08 Å². The number of hydrogen-bond acceptors (Lipinski definition) is 6. The second-order valence-electron chi connectivity index (χ2n) is 8.39. The summed E-state index contributed by atoms with van der Waals surface area (Å²) < 4.78 is 10.8. The monoisotopic (exact) mass is 463 g/mol. The Morgan fingerprint density at radius 1 is 1.18 bits per heavy atom. The lowest BCUT2D eigenvalue weighted by atomic mass is 9.85. The fourth-order valence-corrected chi connectivity index (χ4v) is 5.73. The summed E-state index contributed by atoms with van der Waals surface area (Å²) in [5.74, 6) is 1.58. The van der Waals surface area contributed by atoms with Crippen molar-refractivity contribution < 1.29 is 14.3 Å². The molecule has 1 aliphatic heterocycles. The van der Waals surface area contributed by atoms with E-state index in [1.807, 2.05) is 54.6 Å². The highest BCUT2D eigenvalue weighted by Crippen LogP contribution is 2.42. The van der Waals surface area contributed by atoms with Crippen LogP contribution >= 0.6 is 11.8 Å². The standard InChI is InChI=1S/C26H29N3O3S/c1-18-8-6-7-11-21(18)29-25(30)24(33-26(29)28-20-9-4-3-5-10-20)17-19-12-13-22(32-15-14-27)23(16-19)31-2/h3-5,9-10,12-13,16-18,21,26,28H,6-8,11,15H2,1-2H3/b24-17-/t18-,21-,26?/m0/s1. The van der Waals surface area contributed by atoms with Gasteiger partial charge in [-0.05, 0) is 54.7 Å². The number of nitrogens with zero attached hydrogens (tertiary/aromatic N) is 2. The van der Waals surface area contributed by atoms with Crippen molar-refractivity contribution in [1.29, 1.82) is 5.26 Å². The van der Waals surface area contributed by atoms with Gasteiger partial charge in [0.25, 0.3) is 5.91 Å². The second kappa shape index (κ2) is 10.7. The maximum absolute atomic E-state index is 13.6. The second-order valence-corrected chi connectivity index (χ2v) is 9.51. The van der Waals surface area contributed by atoms with E-state index in [-0.39, 0.29) is 24.1 Å². The fraction of sp³-hybridized carbons (Fsp3) is 0.385. The molecule has 7 heteroatoms. The molecule has 2 aromatic carbocycles. The highest BCUT2D eigenvalue weighted by Gasteiger charge is 2.42. The van der Waals surface area contributed by atoms with Gasteiger partial charge in [0.15, 0.2) is 23.6 Å². The topological polar surface area (TPSA) is 74.6 Å². The highest BCUT2D eigenvalue weighted by molar-refractivity contribution is 8.05. The highest BCUT2D eigenvalue weighted by atomic mass is 32.2. The van der Waals surface area contributed by atoms with Crippen molar-refractivity contribution in [2.45, 2.75) is 44.1 Å². The zero-order valence-corrected chi connectivity index (χ0v) is 19.8. The van der Waals surface area contributed by atoms with Gasteiger partial charge in [-0.25, -0.2) is 0 Å². The smallest absolute Gasteiger partial charge is 0.262 e. The number of carbonyl (C=O) groups is 1. The summed E-state index contributed by atoms with van der Waals surface area (Å²) in [5.41, 5.74) is 1.69. The molecular formula is C26H29N3O3S. The molecule has 1 unspecified atom stereocenters. The van der Waals surface area contributed by atoms with Crippen molar-refractivity contribution in [3.05, 3.63) is 59.0 Å². The lowest BCUT2D eigenvalue weighted by molar-refractivity contribution is -0.129. The van der Waals surface area contributed by atoms with Crippen LogP contribution in [0.5, 0.6) is 11.5 Å². The lowest BCUT2D eigenvalue weighted by Crippen LogP contribution is -2.48. The van der Waals surface area contributed by atoms with E-state index >= 15 is 0 Å². The number of nitrogens with one attached hydrogen (secondary N) is 1. The van der Waals surface area contributed by atoms with Crippen LogP contribution in [0.4, 0.5) is 5.69 Å². The summed E-state index contributed by atoms with van der Waals surface area (Å²) in [6.45, 7) is 2.21. The number of nitriles is 1. The number of thioether (sulfide) groups is 1. The molecule has 3 atom stereocenters. The molecule has 2 fully saturated rings. The molecular weight excluding hydrogens is 434 g/mol. The molecule has 1 saturated heterocycles. The molecule has 0 radical (unpaired) electrons. The van der Waals surface area contributed by atoms with Gasteiger partial charge in [-0.3, -0.25) is 4.79 Å². The van der Waals surface area contributed by atoms with E-state index in [0.29, 0.717) is 22.3 Å². The Balaban J connectivity index is 1.62. The number of carbonyl (C=O) groups excluding carboxylic acids is 1. The molecule has 1 N–H and O–H groups in total. The number of methoxy groups -OCH3 is 1. The van der Waals surface area contributed by atoms with Gasteiger partial charge in [0.2, 0.25) is 0 Å². The van der Waals surface area contributed by atoms with Crippen molar-refractivity contribution in [3.8, 4) is 17.6 Å². The lowest BCUT2D eigenvalue weighted by Gasteiger charge is -2.39. The Kier molecular flexibility index (Phi) is 7.46. The van der Waals surface area contributed by atoms with Crippen LogP contribution in [0.15, 0.2) is 53.4 Å². The van der Waals surface area contributed by atoms with Crippen molar-refractivity contribution >= 4 is 29.4 Å². The van der Waals surface area contributed by atoms with Crippen molar-refractivity contribution in [3.63, 3.8) is 0 Å². The van der Waals surface area contributed by atoms with Crippen LogP contribution in [-0.2, 0) is 4.79 Å². The van der Waals surface area contributed by atoms with Crippen molar-refractivity contribution in [1.82, 2.24) is 4.90 Å². The van der Waals surface area contributed by atoms with Crippen LogP contribution in [-0.4, -0.2) is 36.1 Å². The van der Waals surface area contributed by atoms with Gasteiger partial charge in [0, 0.05) is 11.7 Å². The fourth-order valence-electron chi connectivity index (χ4n) is 4.52.